The molecule has 0 radical (unpaired) electrons. The molecule has 9 heteroatoms. The molecule has 0 fully saturated rings. The molecule has 5 rings (SSSR count). The first kappa shape index (κ1) is 23.7. The molecule has 176 valence electrons. The number of nitrogens with one attached hydrogen (secondary N) is 1. The molecule has 6 nitrogen and oxygen atoms in total. The van der Waals surface area contributed by atoms with Crippen LogP contribution in [0.15, 0.2) is 40.1 Å². The number of thioether (sulfide) groups is 1. The first-order valence-electron chi connectivity index (χ1n) is 11.2. The first-order chi connectivity index (χ1) is 16.3. The van der Waals surface area contributed by atoms with Crippen molar-refractivity contribution in [3.8, 4) is 0 Å². The van der Waals surface area contributed by atoms with Crippen molar-refractivity contribution in [2.24, 2.45) is 0 Å². The minimum absolute atomic E-state index is 0.0696. The number of ether oxygens (including phenoxy) is 1. The number of halogens is 1. The molecule has 0 saturated heterocycles. The smallest absolute Gasteiger partial charge is 0.234 e. The molecular weight excluding hydrogens is 532 g/mol. The van der Waals surface area contributed by atoms with E-state index in [4.69, 9.17) is 9.72 Å². The van der Waals surface area contributed by atoms with E-state index in [0.717, 1.165) is 60.6 Å². The highest BCUT2D eigenvalue weighted by Crippen LogP contribution is 2.42. The largest absolute Gasteiger partial charge is 0.370 e. The number of amides is 1. The summed E-state index contributed by atoms with van der Waals surface area (Å²) in [6, 6.07) is 7.55. The van der Waals surface area contributed by atoms with Crippen molar-refractivity contribution in [3.05, 3.63) is 51.9 Å². The number of anilines is 1. The highest BCUT2D eigenvalue weighted by atomic mass is 79.9. The van der Waals surface area contributed by atoms with Gasteiger partial charge in [-0.15, -0.1) is 11.3 Å². The fourth-order valence-electron chi connectivity index (χ4n) is 4.26. The highest BCUT2D eigenvalue weighted by molar-refractivity contribution is 9.10. The van der Waals surface area contributed by atoms with Crippen molar-refractivity contribution in [3.63, 3.8) is 0 Å². The topological polar surface area (TPSA) is 77.0 Å². The lowest BCUT2D eigenvalue weighted by Gasteiger charge is -2.33. The Morgan fingerprint density at radius 3 is 2.79 bits per heavy atom. The van der Waals surface area contributed by atoms with E-state index in [0.29, 0.717) is 6.61 Å². The van der Waals surface area contributed by atoms with Gasteiger partial charge in [-0.25, -0.2) is 15.0 Å². The molecule has 0 spiro atoms. The molecule has 34 heavy (non-hydrogen) atoms. The summed E-state index contributed by atoms with van der Waals surface area (Å²) in [6.07, 6.45) is 4.39. The lowest BCUT2D eigenvalue weighted by atomic mass is 9.88. The van der Waals surface area contributed by atoms with E-state index in [9.17, 15) is 4.79 Å². The Morgan fingerprint density at radius 2 is 2.03 bits per heavy atom. The number of aromatic nitrogens is 3. The van der Waals surface area contributed by atoms with E-state index < -0.39 is 0 Å². The second-order valence-electron chi connectivity index (χ2n) is 8.97. The van der Waals surface area contributed by atoms with Crippen LogP contribution in [0.4, 0.5) is 5.69 Å². The van der Waals surface area contributed by atoms with Gasteiger partial charge in [0.05, 0.1) is 28.2 Å². The van der Waals surface area contributed by atoms with Crippen LogP contribution in [0.1, 0.15) is 44.0 Å². The fraction of sp³-hybridized carbons (Fsp3) is 0.360. The predicted molar refractivity (Wildman–Crippen MR) is 143 cm³/mol. The van der Waals surface area contributed by atoms with Crippen LogP contribution in [0.2, 0.25) is 0 Å². The van der Waals surface area contributed by atoms with Crippen LogP contribution in [0.3, 0.4) is 0 Å². The number of pyridine rings is 1. The normalized spacial score (nSPS) is 14.9. The van der Waals surface area contributed by atoms with Gasteiger partial charge in [0.15, 0.2) is 0 Å². The molecule has 1 aromatic carbocycles. The van der Waals surface area contributed by atoms with E-state index in [1.165, 1.54) is 22.9 Å². The SMILES string of the molecule is CCCc1nc2sc3c(SCC(=O)Nc4ccc(Br)cc4)ncnc3c2c2c1COC(C)(C)C2. The van der Waals surface area contributed by atoms with Crippen molar-refractivity contribution in [2.75, 3.05) is 11.1 Å². The van der Waals surface area contributed by atoms with E-state index >= 15 is 0 Å². The lowest BCUT2D eigenvalue weighted by molar-refractivity contribution is -0.113. The second kappa shape index (κ2) is 9.53. The van der Waals surface area contributed by atoms with Crippen LogP contribution in [0, 0.1) is 0 Å². The van der Waals surface area contributed by atoms with Gasteiger partial charge in [-0.2, -0.15) is 0 Å². The molecule has 3 aromatic heterocycles. The Hall–Kier alpha value is -2.07. The Bertz CT molecular complexity index is 1390. The van der Waals surface area contributed by atoms with Crippen molar-refractivity contribution in [2.45, 2.75) is 57.3 Å². The van der Waals surface area contributed by atoms with Gasteiger partial charge >= 0.3 is 0 Å². The number of nitrogens with zero attached hydrogens (tertiary/aromatic N) is 3. The van der Waals surface area contributed by atoms with Gasteiger partial charge in [-0.1, -0.05) is 41.0 Å². The van der Waals surface area contributed by atoms with Gasteiger partial charge in [-0.3, -0.25) is 4.79 Å². The van der Waals surface area contributed by atoms with Crippen molar-refractivity contribution in [1.29, 1.82) is 0 Å². The van der Waals surface area contributed by atoms with Gasteiger partial charge in [0, 0.05) is 33.2 Å². The summed E-state index contributed by atoms with van der Waals surface area (Å²) in [5, 5.41) is 4.87. The summed E-state index contributed by atoms with van der Waals surface area (Å²) < 4.78 is 8.11. The number of carbonyl (C=O) groups excluding carboxylic acids is 1. The number of thiophene rings is 1. The van der Waals surface area contributed by atoms with E-state index in [2.05, 4.69) is 52.0 Å². The number of rotatable bonds is 6. The number of carbonyl (C=O) groups is 1. The van der Waals surface area contributed by atoms with Crippen LogP contribution in [0.25, 0.3) is 20.4 Å². The molecule has 1 aliphatic rings. The summed E-state index contributed by atoms with van der Waals surface area (Å²) in [5.74, 6) is 0.198. The minimum Gasteiger partial charge on any atom is -0.370 e. The Kier molecular flexibility index (Phi) is 6.63. The third kappa shape index (κ3) is 4.71. The first-order valence-corrected chi connectivity index (χ1v) is 13.8. The maximum atomic E-state index is 12.5. The summed E-state index contributed by atoms with van der Waals surface area (Å²) in [4.78, 5) is 27.8. The van der Waals surface area contributed by atoms with Gasteiger partial charge < -0.3 is 10.1 Å². The number of fused-ring (bicyclic) bond motifs is 5. The van der Waals surface area contributed by atoms with Gasteiger partial charge in [0.2, 0.25) is 5.91 Å². The minimum atomic E-state index is -0.227. The highest BCUT2D eigenvalue weighted by Gasteiger charge is 2.31. The number of benzene rings is 1. The van der Waals surface area contributed by atoms with Gasteiger partial charge in [0.25, 0.3) is 0 Å². The molecule has 0 aliphatic carbocycles. The quantitative estimate of drug-likeness (QED) is 0.214. The third-order valence-corrected chi connectivity index (χ3v) is 8.56. The molecule has 1 amide bonds. The zero-order valence-electron chi connectivity index (χ0n) is 19.3. The van der Waals surface area contributed by atoms with Crippen molar-refractivity contribution >= 4 is 71.1 Å². The van der Waals surface area contributed by atoms with Gasteiger partial charge in [-0.05, 0) is 50.1 Å². The lowest BCUT2D eigenvalue weighted by Crippen LogP contribution is -2.32. The number of hydrogen-bond donors (Lipinski definition) is 1. The summed E-state index contributed by atoms with van der Waals surface area (Å²) in [6.45, 7) is 7.03. The molecule has 0 saturated carbocycles. The Balaban J connectivity index is 1.49. The van der Waals surface area contributed by atoms with Crippen molar-refractivity contribution < 1.29 is 9.53 Å². The molecular formula is C25H25BrN4O2S2. The Morgan fingerprint density at radius 1 is 1.24 bits per heavy atom. The zero-order valence-corrected chi connectivity index (χ0v) is 22.5. The molecule has 1 aliphatic heterocycles. The van der Waals surface area contributed by atoms with E-state index in [1.54, 1.807) is 17.7 Å². The fourth-order valence-corrected chi connectivity index (χ4v) is 6.58. The Labute approximate surface area is 215 Å². The average Bonchev–Trinajstić information content (AvgIpc) is 3.18. The number of aryl methyl sites for hydroxylation is 1. The van der Waals surface area contributed by atoms with Crippen molar-refractivity contribution in [1.82, 2.24) is 15.0 Å². The van der Waals surface area contributed by atoms with Crippen LogP contribution in [0.5, 0.6) is 0 Å². The van der Waals surface area contributed by atoms with E-state index in [-0.39, 0.29) is 17.3 Å². The zero-order chi connectivity index (χ0) is 23.9. The van der Waals surface area contributed by atoms with Gasteiger partial charge in [0.1, 0.15) is 16.2 Å². The maximum Gasteiger partial charge on any atom is 0.234 e. The van der Waals surface area contributed by atoms with Crippen LogP contribution >= 0.6 is 39.0 Å². The molecule has 1 N–H and O–H groups in total. The molecule has 0 atom stereocenters. The molecule has 0 bridgehead atoms. The monoisotopic (exact) mass is 556 g/mol. The molecule has 4 heterocycles. The maximum absolute atomic E-state index is 12.5. The van der Waals surface area contributed by atoms with Crippen LogP contribution in [-0.4, -0.2) is 32.2 Å². The summed E-state index contributed by atoms with van der Waals surface area (Å²) in [5.41, 5.74) is 5.12. The van der Waals surface area contributed by atoms with E-state index in [1.807, 2.05) is 24.3 Å². The third-order valence-electron chi connectivity index (χ3n) is 5.84. The number of hydrogen-bond acceptors (Lipinski definition) is 7. The standard InChI is InChI=1S/C25H25BrN4O2S2/c1-4-5-18-17-11-32-25(2,3)10-16(17)20-21-22(34-23(20)30-18)24(28-13-27-21)33-12-19(31)29-15-8-6-14(26)7-9-15/h6-9,13H,4-5,10-12H2,1-3H3,(H,29,31). The summed E-state index contributed by atoms with van der Waals surface area (Å²) in [7, 11) is 0. The molecule has 4 aromatic rings. The second-order valence-corrected chi connectivity index (χ2v) is 11.9. The predicted octanol–water partition coefficient (Wildman–Crippen LogP) is 6.54. The van der Waals surface area contributed by atoms with Crippen LogP contribution < -0.4 is 5.32 Å². The molecule has 0 unspecified atom stereocenters. The van der Waals surface area contributed by atoms with Crippen LogP contribution in [-0.2, 0) is 29.0 Å². The average molecular weight is 558 g/mol. The summed E-state index contributed by atoms with van der Waals surface area (Å²) >= 11 is 6.47.